The van der Waals surface area contributed by atoms with E-state index in [4.69, 9.17) is 4.74 Å². The molecule has 2 aromatic carbocycles. The van der Waals surface area contributed by atoms with Crippen LogP contribution in [0.2, 0.25) is 0 Å². The first-order valence-electron chi connectivity index (χ1n) is 9.66. The number of rotatable bonds is 9. The zero-order valence-electron chi connectivity index (χ0n) is 16.6. The number of para-hydroxylation sites is 2. The van der Waals surface area contributed by atoms with Crippen LogP contribution in [-0.2, 0) is 0 Å². The summed E-state index contributed by atoms with van der Waals surface area (Å²) in [5.74, 6) is 2.22. The van der Waals surface area contributed by atoms with E-state index in [1.807, 2.05) is 37.3 Å². The van der Waals surface area contributed by atoms with Crippen LogP contribution in [0.15, 0.2) is 60.9 Å². The van der Waals surface area contributed by atoms with Gasteiger partial charge in [-0.05, 0) is 57.2 Å². The number of hydrogen-bond donors (Lipinski definition) is 2. The Balaban J connectivity index is 1.72. The molecular formula is C22H27N5O. The molecule has 28 heavy (non-hydrogen) atoms. The molecule has 3 rings (SSSR count). The van der Waals surface area contributed by atoms with E-state index in [1.54, 1.807) is 0 Å². The first-order chi connectivity index (χ1) is 13.7. The van der Waals surface area contributed by atoms with E-state index in [2.05, 4.69) is 63.6 Å². The molecule has 6 nitrogen and oxygen atoms in total. The first kappa shape index (κ1) is 19.5. The van der Waals surface area contributed by atoms with Crippen molar-refractivity contribution in [3.63, 3.8) is 0 Å². The van der Waals surface area contributed by atoms with Gasteiger partial charge in [0, 0.05) is 30.5 Å². The number of hydrogen-bond acceptors (Lipinski definition) is 6. The van der Waals surface area contributed by atoms with Crippen LogP contribution >= 0.6 is 0 Å². The van der Waals surface area contributed by atoms with Gasteiger partial charge in [0.1, 0.15) is 23.7 Å². The highest BCUT2D eigenvalue weighted by Crippen LogP contribution is 2.27. The highest BCUT2D eigenvalue weighted by molar-refractivity contribution is 5.67. The molecule has 0 spiro atoms. The van der Waals surface area contributed by atoms with E-state index < -0.39 is 0 Å². The Kier molecular flexibility index (Phi) is 6.68. The Hall–Kier alpha value is -3.28. The fourth-order valence-corrected chi connectivity index (χ4v) is 2.98. The van der Waals surface area contributed by atoms with Crippen molar-refractivity contribution in [2.45, 2.75) is 20.8 Å². The predicted octanol–water partition coefficient (Wildman–Crippen LogP) is 5.21. The molecule has 146 valence electrons. The van der Waals surface area contributed by atoms with E-state index in [1.165, 1.54) is 12.0 Å². The zero-order valence-corrected chi connectivity index (χ0v) is 16.6. The summed E-state index contributed by atoms with van der Waals surface area (Å²) in [4.78, 5) is 10.9. The summed E-state index contributed by atoms with van der Waals surface area (Å²) < 4.78 is 5.66. The maximum Gasteiger partial charge on any atom is 0.142 e. The number of nitrogens with zero attached hydrogens (tertiary/aromatic N) is 3. The van der Waals surface area contributed by atoms with Crippen LogP contribution in [0.4, 0.5) is 28.7 Å². The Morgan fingerprint density at radius 3 is 2.21 bits per heavy atom. The van der Waals surface area contributed by atoms with Gasteiger partial charge in [-0.2, -0.15) is 0 Å². The second-order valence-corrected chi connectivity index (χ2v) is 6.19. The number of anilines is 5. The van der Waals surface area contributed by atoms with Crippen LogP contribution in [0, 0.1) is 0 Å². The number of benzene rings is 2. The molecule has 3 aromatic rings. The van der Waals surface area contributed by atoms with Gasteiger partial charge in [-0.15, -0.1) is 0 Å². The van der Waals surface area contributed by atoms with E-state index in [-0.39, 0.29) is 0 Å². The fraction of sp³-hybridized carbons (Fsp3) is 0.273. The van der Waals surface area contributed by atoms with Crippen molar-refractivity contribution >= 4 is 28.7 Å². The average Bonchev–Trinajstić information content (AvgIpc) is 2.72. The van der Waals surface area contributed by atoms with Gasteiger partial charge in [0.05, 0.1) is 12.3 Å². The summed E-state index contributed by atoms with van der Waals surface area (Å²) >= 11 is 0. The summed E-state index contributed by atoms with van der Waals surface area (Å²) in [7, 11) is 0. The zero-order chi connectivity index (χ0) is 19.8. The van der Waals surface area contributed by atoms with Gasteiger partial charge in [0.25, 0.3) is 0 Å². The lowest BCUT2D eigenvalue weighted by atomic mass is 10.2. The topological polar surface area (TPSA) is 62.3 Å². The van der Waals surface area contributed by atoms with Crippen LogP contribution < -0.4 is 20.3 Å². The van der Waals surface area contributed by atoms with E-state index in [0.29, 0.717) is 12.4 Å². The Bertz CT molecular complexity index is 878. The standard InChI is InChI=1S/C22H27N5O/c1-4-27(5-2)18-13-11-17(12-14-18)25-21-15-22(24-16-23-21)26-19-9-7-8-10-20(19)28-6-3/h7-16H,4-6H2,1-3H3,(H2,23,24,25,26). The molecule has 1 heterocycles. The quantitative estimate of drug-likeness (QED) is 0.534. The Morgan fingerprint density at radius 1 is 0.857 bits per heavy atom. The molecule has 0 aliphatic heterocycles. The lowest BCUT2D eigenvalue weighted by Crippen LogP contribution is -2.21. The molecular weight excluding hydrogens is 350 g/mol. The van der Waals surface area contributed by atoms with Crippen molar-refractivity contribution in [3.8, 4) is 5.75 Å². The van der Waals surface area contributed by atoms with Gasteiger partial charge >= 0.3 is 0 Å². The van der Waals surface area contributed by atoms with Crippen molar-refractivity contribution in [2.75, 3.05) is 35.2 Å². The van der Waals surface area contributed by atoms with Gasteiger partial charge in [-0.3, -0.25) is 0 Å². The lowest BCUT2D eigenvalue weighted by molar-refractivity contribution is 0.342. The molecule has 0 radical (unpaired) electrons. The monoisotopic (exact) mass is 377 g/mol. The summed E-state index contributed by atoms with van der Waals surface area (Å²) in [6, 6.07) is 18.0. The summed E-state index contributed by atoms with van der Waals surface area (Å²) in [5.41, 5.74) is 3.07. The summed E-state index contributed by atoms with van der Waals surface area (Å²) in [6.45, 7) is 8.89. The normalized spacial score (nSPS) is 10.4. The minimum Gasteiger partial charge on any atom is -0.492 e. The van der Waals surface area contributed by atoms with Crippen LogP contribution in [0.3, 0.4) is 0 Å². The Labute approximate surface area is 166 Å². The number of ether oxygens (including phenoxy) is 1. The molecule has 0 amide bonds. The van der Waals surface area contributed by atoms with Crippen LogP contribution in [0.5, 0.6) is 5.75 Å². The molecule has 0 aliphatic rings. The van der Waals surface area contributed by atoms with Crippen LogP contribution in [-0.4, -0.2) is 29.7 Å². The van der Waals surface area contributed by atoms with Crippen LogP contribution in [0.25, 0.3) is 0 Å². The van der Waals surface area contributed by atoms with E-state index in [0.717, 1.165) is 36.0 Å². The summed E-state index contributed by atoms with van der Waals surface area (Å²) in [6.07, 6.45) is 1.54. The van der Waals surface area contributed by atoms with E-state index in [9.17, 15) is 0 Å². The fourth-order valence-electron chi connectivity index (χ4n) is 2.98. The molecule has 0 aliphatic carbocycles. The van der Waals surface area contributed by atoms with Crippen molar-refractivity contribution in [1.29, 1.82) is 0 Å². The van der Waals surface area contributed by atoms with Crippen molar-refractivity contribution in [1.82, 2.24) is 9.97 Å². The number of nitrogens with one attached hydrogen (secondary N) is 2. The maximum absolute atomic E-state index is 5.66. The summed E-state index contributed by atoms with van der Waals surface area (Å²) in [5, 5.41) is 6.63. The van der Waals surface area contributed by atoms with Crippen molar-refractivity contribution in [3.05, 3.63) is 60.9 Å². The lowest BCUT2D eigenvalue weighted by Gasteiger charge is -2.21. The van der Waals surface area contributed by atoms with E-state index >= 15 is 0 Å². The second-order valence-electron chi connectivity index (χ2n) is 6.19. The van der Waals surface area contributed by atoms with Gasteiger partial charge in [-0.1, -0.05) is 12.1 Å². The SMILES string of the molecule is CCOc1ccccc1Nc1cc(Nc2ccc(N(CC)CC)cc2)ncn1. The molecule has 0 fully saturated rings. The average molecular weight is 377 g/mol. The Morgan fingerprint density at radius 2 is 1.54 bits per heavy atom. The number of aromatic nitrogens is 2. The first-order valence-corrected chi connectivity index (χ1v) is 9.66. The molecule has 0 bridgehead atoms. The van der Waals surface area contributed by atoms with Crippen molar-refractivity contribution < 1.29 is 4.74 Å². The smallest absolute Gasteiger partial charge is 0.142 e. The molecule has 0 saturated heterocycles. The highest BCUT2D eigenvalue weighted by atomic mass is 16.5. The maximum atomic E-state index is 5.66. The second kappa shape index (κ2) is 9.60. The third kappa shape index (κ3) is 4.91. The molecule has 1 aromatic heterocycles. The minimum absolute atomic E-state index is 0.610. The minimum atomic E-state index is 0.610. The van der Waals surface area contributed by atoms with Gasteiger partial charge in [0.15, 0.2) is 0 Å². The largest absolute Gasteiger partial charge is 0.492 e. The van der Waals surface area contributed by atoms with Crippen LogP contribution in [0.1, 0.15) is 20.8 Å². The molecule has 0 saturated carbocycles. The molecule has 6 heteroatoms. The molecule has 2 N–H and O–H groups in total. The molecule has 0 atom stereocenters. The highest BCUT2D eigenvalue weighted by Gasteiger charge is 2.06. The van der Waals surface area contributed by atoms with Crippen molar-refractivity contribution in [2.24, 2.45) is 0 Å². The van der Waals surface area contributed by atoms with Gasteiger partial charge in [-0.25, -0.2) is 9.97 Å². The van der Waals surface area contributed by atoms with Gasteiger partial charge in [0.2, 0.25) is 0 Å². The molecule has 0 unspecified atom stereocenters. The third-order valence-corrected chi connectivity index (χ3v) is 4.39. The predicted molar refractivity (Wildman–Crippen MR) is 116 cm³/mol. The third-order valence-electron chi connectivity index (χ3n) is 4.39. The van der Waals surface area contributed by atoms with Gasteiger partial charge < -0.3 is 20.3 Å².